The molecule has 1 heterocycles. The van der Waals surface area contributed by atoms with E-state index in [-0.39, 0.29) is 16.2 Å². The van der Waals surface area contributed by atoms with Gasteiger partial charge in [-0.15, -0.1) is 0 Å². The molecule has 0 saturated heterocycles. The van der Waals surface area contributed by atoms with Crippen molar-refractivity contribution in [2.75, 3.05) is 24.6 Å². The molecule has 3 aromatic carbocycles. The summed E-state index contributed by atoms with van der Waals surface area (Å²) in [7, 11) is -2.55. The van der Waals surface area contributed by atoms with Gasteiger partial charge in [0.2, 0.25) is 5.78 Å². The predicted molar refractivity (Wildman–Crippen MR) is 154 cm³/mol. The first-order chi connectivity index (χ1) is 19.0. The standard InChI is InChI=1S/C31H32N2O6S/c1-6-38-26-15-13-24(14-16-26)32(5)40(36,37)27-17-12-21(2)28(19-27)31(35)39-20-30(34)29-18-22(3)33(23(29)4)25-10-8-7-9-11-25/h7-19H,6,20H2,1-5H3. The van der Waals surface area contributed by atoms with Crippen LogP contribution in [0.3, 0.4) is 0 Å². The predicted octanol–water partition coefficient (Wildman–Crippen LogP) is 5.67. The number of carbonyl (C=O) groups is 2. The Bertz CT molecular complexity index is 1640. The third-order valence-electron chi connectivity index (χ3n) is 6.68. The molecule has 4 aromatic rings. The molecule has 0 bridgehead atoms. The van der Waals surface area contributed by atoms with E-state index < -0.39 is 22.6 Å². The fourth-order valence-electron chi connectivity index (χ4n) is 4.50. The van der Waals surface area contributed by atoms with Crippen LogP contribution >= 0.6 is 0 Å². The van der Waals surface area contributed by atoms with E-state index >= 15 is 0 Å². The minimum absolute atomic E-state index is 0.0702. The van der Waals surface area contributed by atoms with Crippen LogP contribution in [0, 0.1) is 20.8 Å². The van der Waals surface area contributed by atoms with E-state index in [0.717, 1.165) is 21.4 Å². The van der Waals surface area contributed by atoms with Crippen molar-refractivity contribution >= 4 is 27.5 Å². The van der Waals surface area contributed by atoms with Gasteiger partial charge in [0.1, 0.15) is 5.75 Å². The molecule has 0 aliphatic rings. The van der Waals surface area contributed by atoms with Gasteiger partial charge in [-0.25, -0.2) is 13.2 Å². The van der Waals surface area contributed by atoms with Crippen molar-refractivity contribution in [1.29, 1.82) is 0 Å². The molecule has 0 aliphatic carbocycles. The summed E-state index contributed by atoms with van der Waals surface area (Å²) in [5.74, 6) is -0.488. The molecule has 0 unspecified atom stereocenters. The number of ketones is 1. The van der Waals surface area contributed by atoms with Crippen molar-refractivity contribution in [2.45, 2.75) is 32.6 Å². The zero-order valence-corrected chi connectivity index (χ0v) is 24.0. The van der Waals surface area contributed by atoms with Crippen LogP contribution in [0.25, 0.3) is 5.69 Å². The van der Waals surface area contributed by atoms with Crippen molar-refractivity contribution < 1.29 is 27.5 Å². The van der Waals surface area contributed by atoms with Crippen molar-refractivity contribution in [1.82, 2.24) is 4.57 Å². The van der Waals surface area contributed by atoms with Gasteiger partial charge < -0.3 is 14.0 Å². The largest absolute Gasteiger partial charge is 0.494 e. The zero-order chi connectivity index (χ0) is 29.0. The molecule has 9 heteroatoms. The first-order valence-electron chi connectivity index (χ1n) is 12.8. The number of benzene rings is 3. The highest BCUT2D eigenvalue weighted by molar-refractivity contribution is 7.92. The zero-order valence-electron chi connectivity index (χ0n) is 23.2. The van der Waals surface area contributed by atoms with Gasteiger partial charge in [-0.1, -0.05) is 24.3 Å². The van der Waals surface area contributed by atoms with Gasteiger partial charge in [0.15, 0.2) is 6.61 Å². The summed E-state index contributed by atoms with van der Waals surface area (Å²) in [6.45, 7) is 7.32. The second kappa shape index (κ2) is 11.8. The number of anilines is 1. The molecule has 208 valence electrons. The van der Waals surface area contributed by atoms with Crippen LogP contribution in [0.1, 0.15) is 44.6 Å². The fraction of sp³-hybridized carbons (Fsp3) is 0.226. The second-order valence-electron chi connectivity index (χ2n) is 9.33. The highest BCUT2D eigenvalue weighted by atomic mass is 32.2. The lowest BCUT2D eigenvalue weighted by Crippen LogP contribution is -2.27. The van der Waals surface area contributed by atoms with E-state index in [4.69, 9.17) is 9.47 Å². The first kappa shape index (κ1) is 28.6. The Hall–Kier alpha value is -4.37. The second-order valence-corrected chi connectivity index (χ2v) is 11.3. The fourth-order valence-corrected chi connectivity index (χ4v) is 5.73. The summed E-state index contributed by atoms with van der Waals surface area (Å²) >= 11 is 0. The molecule has 4 rings (SSSR count). The molecule has 0 amide bonds. The number of nitrogens with zero attached hydrogens (tertiary/aromatic N) is 2. The van der Waals surface area contributed by atoms with Crippen molar-refractivity contribution in [3.8, 4) is 11.4 Å². The molecular formula is C31H32N2O6S. The number of hydrogen-bond donors (Lipinski definition) is 0. The maximum Gasteiger partial charge on any atom is 0.338 e. The Labute approximate surface area is 234 Å². The summed E-state index contributed by atoms with van der Waals surface area (Å²) in [6.07, 6.45) is 0. The van der Waals surface area contributed by atoms with Gasteiger partial charge in [0.25, 0.3) is 10.0 Å². The van der Waals surface area contributed by atoms with Gasteiger partial charge in [-0.3, -0.25) is 9.10 Å². The molecular weight excluding hydrogens is 528 g/mol. The van der Waals surface area contributed by atoms with Crippen molar-refractivity contribution in [3.05, 3.63) is 107 Å². The number of Topliss-reactive ketones (excluding diaryl/α,β-unsaturated/α-hetero) is 1. The number of sulfonamides is 1. The Balaban J connectivity index is 1.51. The number of hydrogen-bond acceptors (Lipinski definition) is 6. The smallest absolute Gasteiger partial charge is 0.338 e. The number of rotatable bonds is 10. The molecule has 0 saturated carbocycles. The third kappa shape index (κ3) is 5.79. The van der Waals surface area contributed by atoms with Gasteiger partial charge in [-0.2, -0.15) is 0 Å². The monoisotopic (exact) mass is 560 g/mol. The first-order valence-corrected chi connectivity index (χ1v) is 14.3. The topological polar surface area (TPSA) is 94.9 Å². The third-order valence-corrected chi connectivity index (χ3v) is 8.46. The van der Waals surface area contributed by atoms with Gasteiger partial charge in [-0.05, 0) is 87.9 Å². The number of carbonyl (C=O) groups excluding carboxylic acids is 2. The highest BCUT2D eigenvalue weighted by Crippen LogP contribution is 2.26. The van der Waals surface area contributed by atoms with Crippen LogP contribution in [0.4, 0.5) is 5.69 Å². The molecule has 0 aliphatic heterocycles. The molecule has 0 spiro atoms. The summed E-state index contributed by atoms with van der Waals surface area (Å²) < 4.78 is 40.6. The molecule has 8 nitrogen and oxygen atoms in total. The SMILES string of the molecule is CCOc1ccc(N(C)S(=O)(=O)c2ccc(C)c(C(=O)OCC(=O)c3cc(C)n(-c4ccccc4)c3C)c2)cc1. The van der Waals surface area contributed by atoms with E-state index in [1.165, 1.54) is 19.2 Å². The van der Waals surface area contributed by atoms with Crippen LogP contribution in [-0.4, -0.2) is 45.0 Å². The molecule has 0 N–H and O–H groups in total. The Morgan fingerprint density at radius 2 is 1.55 bits per heavy atom. The van der Waals surface area contributed by atoms with E-state index in [1.807, 2.05) is 55.7 Å². The van der Waals surface area contributed by atoms with E-state index in [0.29, 0.717) is 29.2 Å². The maximum absolute atomic E-state index is 13.4. The van der Waals surface area contributed by atoms with Gasteiger partial charge >= 0.3 is 5.97 Å². The molecule has 0 radical (unpaired) electrons. The molecule has 0 atom stereocenters. The summed E-state index contributed by atoms with van der Waals surface area (Å²) in [5, 5.41) is 0. The Morgan fingerprint density at radius 3 is 2.20 bits per heavy atom. The quantitative estimate of drug-likeness (QED) is 0.183. The summed E-state index contributed by atoms with van der Waals surface area (Å²) in [6, 6.07) is 22.4. The number of esters is 1. The average Bonchev–Trinajstić information content (AvgIpc) is 3.25. The van der Waals surface area contributed by atoms with Crippen LogP contribution in [0.5, 0.6) is 5.75 Å². The minimum Gasteiger partial charge on any atom is -0.494 e. The number of aromatic nitrogens is 1. The lowest BCUT2D eigenvalue weighted by molar-refractivity contribution is 0.0473. The van der Waals surface area contributed by atoms with Crippen LogP contribution < -0.4 is 9.04 Å². The van der Waals surface area contributed by atoms with Crippen LogP contribution in [0.15, 0.2) is 83.8 Å². The maximum atomic E-state index is 13.4. The Kier molecular flexibility index (Phi) is 8.44. The summed E-state index contributed by atoms with van der Waals surface area (Å²) in [4.78, 5) is 25.9. The number of ether oxygens (including phenoxy) is 2. The normalized spacial score (nSPS) is 11.2. The van der Waals surface area contributed by atoms with E-state index in [2.05, 4.69) is 0 Å². The molecule has 40 heavy (non-hydrogen) atoms. The lowest BCUT2D eigenvalue weighted by atomic mass is 10.1. The minimum atomic E-state index is -3.98. The number of aryl methyl sites for hydroxylation is 2. The van der Waals surface area contributed by atoms with Crippen LogP contribution in [-0.2, 0) is 14.8 Å². The molecule has 1 aromatic heterocycles. The highest BCUT2D eigenvalue weighted by Gasteiger charge is 2.25. The summed E-state index contributed by atoms with van der Waals surface area (Å²) in [5.41, 5.74) is 4.05. The van der Waals surface area contributed by atoms with Crippen molar-refractivity contribution in [3.63, 3.8) is 0 Å². The lowest BCUT2D eigenvalue weighted by Gasteiger charge is -2.20. The van der Waals surface area contributed by atoms with Crippen molar-refractivity contribution in [2.24, 2.45) is 0 Å². The van der Waals surface area contributed by atoms with Crippen LogP contribution in [0.2, 0.25) is 0 Å². The van der Waals surface area contributed by atoms with Gasteiger partial charge in [0, 0.05) is 29.7 Å². The molecule has 0 fully saturated rings. The van der Waals surface area contributed by atoms with E-state index in [9.17, 15) is 18.0 Å². The van der Waals surface area contributed by atoms with E-state index in [1.54, 1.807) is 43.3 Å². The average molecular weight is 561 g/mol. The number of para-hydroxylation sites is 1. The van der Waals surface area contributed by atoms with Gasteiger partial charge in [0.05, 0.1) is 22.8 Å². The Morgan fingerprint density at radius 1 is 0.875 bits per heavy atom.